The molecule has 13 rings (SSSR count). The minimum Gasteiger partial charge on any atom is -0.361 e. The number of benzene rings is 1. The lowest BCUT2D eigenvalue weighted by Crippen LogP contribution is -2.53. The summed E-state index contributed by atoms with van der Waals surface area (Å²) in [6.07, 6.45) is 22.4. The van der Waals surface area contributed by atoms with Crippen molar-refractivity contribution in [2.45, 2.75) is 136 Å². The van der Waals surface area contributed by atoms with Gasteiger partial charge < -0.3 is 29.2 Å². The minimum absolute atomic E-state index is 0.180. The van der Waals surface area contributed by atoms with E-state index in [9.17, 15) is 8.42 Å². The van der Waals surface area contributed by atoms with Crippen LogP contribution in [0.1, 0.15) is 105 Å². The second-order valence-electron chi connectivity index (χ2n) is 21.1. The molecule has 418 valence electrons. The van der Waals surface area contributed by atoms with E-state index < -0.39 is 27.8 Å². The maximum absolute atomic E-state index is 11.6. The monoisotopic (exact) mass is 1120 g/mol. The van der Waals surface area contributed by atoms with Gasteiger partial charge in [-0.3, -0.25) is 9.08 Å². The lowest BCUT2D eigenvalue weighted by atomic mass is 9.85. The van der Waals surface area contributed by atoms with Gasteiger partial charge in [0.05, 0.1) is 63.7 Å². The van der Waals surface area contributed by atoms with Crippen molar-refractivity contribution in [3.63, 3.8) is 0 Å². The number of nitrogens with zero attached hydrogens (tertiary/aromatic N) is 10. The molecule has 1 aliphatic heterocycles. The predicted molar refractivity (Wildman–Crippen MR) is 308 cm³/mol. The number of aromatic nitrogens is 10. The third-order valence-corrected chi connectivity index (χ3v) is 16.1. The molecule has 80 heavy (non-hydrogen) atoms. The Hall–Kier alpha value is -7.53. The van der Waals surface area contributed by atoms with Gasteiger partial charge in [-0.1, -0.05) is 60.6 Å². The van der Waals surface area contributed by atoms with Gasteiger partial charge in [-0.25, -0.2) is 29.9 Å². The molecule has 3 aliphatic carbocycles. The van der Waals surface area contributed by atoms with Crippen LogP contribution < -0.4 is 10.6 Å². The van der Waals surface area contributed by atoms with Crippen molar-refractivity contribution < 1.29 is 30.1 Å². The summed E-state index contributed by atoms with van der Waals surface area (Å²) < 4.78 is 57.8. The number of hydrogen-bond acceptors (Lipinski definition) is 18. The van der Waals surface area contributed by atoms with E-state index in [1.54, 1.807) is 6.20 Å². The summed E-state index contributed by atoms with van der Waals surface area (Å²) in [6.45, 7) is 14.1. The molecule has 0 spiro atoms. The van der Waals surface area contributed by atoms with E-state index in [2.05, 4.69) is 64.4 Å². The zero-order valence-electron chi connectivity index (χ0n) is 46.2. The van der Waals surface area contributed by atoms with E-state index in [4.69, 9.17) is 41.6 Å². The summed E-state index contributed by atoms with van der Waals surface area (Å²) >= 11 is -0.750. The highest BCUT2D eigenvalue weighted by Crippen LogP contribution is 2.38. The summed E-state index contributed by atoms with van der Waals surface area (Å²) in [5.74, 6) is 2.62. The van der Waals surface area contributed by atoms with Crippen LogP contribution >= 0.6 is 0 Å². The molecule has 4 atom stereocenters. The molecule has 2 unspecified atom stereocenters. The third kappa shape index (κ3) is 12.3. The van der Waals surface area contributed by atoms with Crippen LogP contribution in [0.3, 0.4) is 0 Å². The van der Waals surface area contributed by atoms with Gasteiger partial charge >= 0.3 is 11.6 Å². The summed E-state index contributed by atoms with van der Waals surface area (Å²) in [6, 6.07) is 19.0. The molecule has 0 radical (unpaired) electrons. The molecular formula is C58H67N13O7S2. The highest BCUT2D eigenvalue weighted by Gasteiger charge is 2.37. The molecule has 9 aromatic rings. The zero-order valence-corrected chi connectivity index (χ0v) is 47.8. The van der Waals surface area contributed by atoms with Crippen molar-refractivity contribution in [3.8, 4) is 50.7 Å². The first kappa shape index (κ1) is 55.8. The summed E-state index contributed by atoms with van der Waals surface area (Å²) in [4.78, 5) is 34.7. The normalized spacial score (nSPS) is 18.7. The van der Waals surface area contributed by atoms with Crippen LogP contribution in [0.4, 0.5) is 11.9 Å². The Kier molecular flexibility index (Phi) is 17.0. The fraction of sp³-hybridized carbons (Fsp3) is 0.414. The Morgan fingerprint density at radius 3 is 1.73 bits per heavy atom. The van der Waals surface area contributed by atoms with Crippen molar-refractivity contribution in [2.75, 3.05) is 30.0 Å². The molecular weight excluding hydrogens is 1050 g/mol. The SMILES string of the molecule is C1CCCC1.Cc1cnc(NC2CC[C@@H]2N2CCCC2)nc1-c1c[nH]c2nc(-c3c(C)noc3C)ccc12.Cc1cnc(NC2CC[C@H]2OS(C)(=O)=O)nc1-c1cn(-c2ccccc2)c2nc(-c3c(C)noc3C)ccc12.O=S=O. The first-order valence-electron chi connectivity index (χ1n) is 27.3. The number of anilines is 2. The molecule has 3 saturated carbocycles. The molecule has 9 heterocycles. The lowest BCUT2D eigenvalue weighted by Gasteiger charge is -2.43. The van der Waals surface area contributed by atoms with E-state index in [1.807, 2.05) is 95.7 Å². The van der Waals surface area contributed by atoms with Gasteiger partial charge in [0.1, 0.15) is 22.8 Å². The maximum atomic E-state index is 11.6. The van der Waals surface area contributed by atoms with Gasteiger partial charge in [-0.15, -0.1) is 0 Å². The summed E-state index contributed by atoms with van der Waals surface area (Å²) in [7, 11) is -3.54. The number of likely N-dealkylation sites (tertiary alicyclic amines) is 1. The molecule has 4 aliphatic rings. The average Bonchev–Trinajstić information content (AvgIpc) is 4.43. The Bertz CT molecular complexity index is 3740. The molecule has 20 nitrogen and oxygen atoms in total. The second kappa shape index (κ2) is 24.5. The topological polar surface area (TPSA) is 255 Å². The van der Waals surface area contributed by atoms with Gasteiger partial charge in [-0.2, -0.15) is 16.8 Å². The van der Waals surface area contributed by atoms with Crippen LogP contribution in [0, 0.1) is 41.5 Å². The van der Waals surface area contributed by atoms with Crippen LogP contribution in [0.2, 0.25) is 0 Å². The van der Waals surface area contributed by atoms with Gasteiger partial charge in [-0.05, 0) is 141 Å². The van der Waals surface area contributed by atoms with Crippen molar-refractivity contribution in [1.82, 2.24) is 54.7 Å². The van der Waals surface area contributed by atoms with Gasteiger partial charge in [0.25, 0.3) is 10.1 Å². The zero-order chi connectivity index (χ0) is 56.1. The summed E-state index contributed by atoms with van der Waals surface area (Å²) in [5.41, 5.74) is 13.3. The molecule has 1 aromatic carbocycles. The van der Waals surface area contributed by atoms with Gasteiger partial charge in [0, 0.05) is 64.5 Å². The van der Waals surface area contributed by atoms with E-state index in [-0.39, 0.29) is 6.04 Å². The number of H-pyrrole nitrogens is 1. The molecule has 1 saturated heterocycles. The summed E-state index contributed by atoms with van der Waals surface area (Å²) in [5, 5.41) is 17.0. The lowest BCUT2D eigenvalue weighted by molar-refractivity contribution is 0.111. The number of aromatic amines is 1. The van der Waals surface area contributed by atoms with Gasteiger partial charge in [0.15, 0.2) is 0 Å². The number of aryl methyl sites for hydroxylation is 6. The van der Waals surface area contributed by atoms with E-state index >= 15 is 0 Å². The molecule has 3 N–H and O–H groups in total. The Balaban J connectivity index is 0.000000160. The van der Waals surface area contributed by atoms with E-state index in [0.717, 1.165) is 114 Å². The van der Waals surface area contributed by atoms with Crippen molar-refractivity contribution in [3.05, 3.63) is 113 Å². The van der Waals surface area contributed by atoms with Gasteiger partial charge in [0.2, 0.25) is 11.9 Å². The largest absolute Gasteiger partial charge is 0.361 e. The van der Waals surface area contributed by atoms with Crippen molar-refractivity contribution in [2.24, 2.45) is 0 Å². The quantitative estimate of drug-likeness (QED) is 0.0961. The van der Waals surface area contributed by atoms with Crippen LogP contribution in [-0.4, -0.2) is 115 Å². The van der Waals surface area contributed by atoms with Crippen molar-refractivity contribution in [1.29, 1.82) is 0 Å². The van der Waals surface area contributed by atoms with Crippen LogP contribution in [0.15, 0.2) is 88.4 Å². The average molecular weight is 1120 g/mol. The van der Waals surface area contributed by atoms with Crippen LogP contribution in [0.5, 0.6) is 0 Å². The standard InChI is InChI=1S/C28H28N6O4S.C25H29N7O.C5H10.O2S/c1-16-14-29-28(31-22-12-13-24(22)38-39(4,35)36)32-26(16)21-15-34(19-8-6-5-7-9-19)27-20(21)10-11-23(30-27)25-17(2)33-37-18(25)3;1-14-12-27-25(29-19-8-9-21(19)32-10-4-5-11-32)30-23(14)18-13-26-24-17(18)6-7-20(28-24)22-15(2)31-33-16(22)3;1-2-4-5-3-1;1-3-2/h5-11,14-15,22,24H,12-13H2,1-4H3,(H,29,31,32);6-7,12-13,19,21H,4-5,8-11H2,1-3H3,(H,26,28)(H,27,29,30);1-5H2;/t22?,24-;19?,21-;;/m10../s1. The highest BCUT2D eigenvalue weighted by atomic mass is 32.2. The first-order chi connectivity index (χ1) is 38.7. The Morgan fingerprint density at radius 2 is 1.20 bits per heavy atom. The highest BCUT2D eigenvalue weighted by molar-refractivity contribution is 7.86. The second-order valence-corrected chi connectivity index (χ2v) is 22.8. The number of pyridine rings is 2. The number of rotatable bonds is 12. The van der Waals surface area contributed by atoms with E-state index in [0.29, 0.717) is 36.2 Å². The predicted octanol–water partition coefficient (Wildman–Crippen LogP) is 10.9. The molecule has 4 fully saturated rings. The van der Waals surface area contributed by atoms with Crippen LogP contribution in [-0.2, 0) is 25.9 Å². The minimum atomic E-state index is -3.54. The van der Waals surface area contributed by atoms with Crippen LogP contribution in [0.25, 0.3) is 72.8 Å². The van der Waals surface area contributed by atoms with E-state index in [1.165, 1.54) is 70.9 Å². The van der Waals surface area contributed by atoms with Crippen molar-refractivity contribution >= 4 is 55.7 Å². The smallest absolute Gasteiger partial charge is 0.335 e. The maximum Gasteiger partial charge on any atom is 0.335 e. The fourth-order valence-electron chi connectivity index (χ4n) is 11.2. The third-order valence-electron chi connectivity index (χ3n) is 15.5. The molecule has 0 amide bonds. The molecule has 8 aromatic heterocycles. The fourth-order valence-corrected chi connectivity index (χ4v) is 11.9. The number of hydrogen-bond donors (Lipinski definition) is 3. The molecule has 0 bridgehead atoms. The Labute approximate surface area is 468 Å². The molecule has 22 heteroatoms. The number of fused-ring (bicyclic) bond motifs is 2. The first-order valence-corrected chi connectivity index (χ1v) is 29.8. The number of nitrogens with one attached hydrogen (secondary N) is 3. The number of para-hydroxylation sites is 1. The Morgan fingerprint density at radius 1 is 0.650 bits per heavy atom.